The summed E-state index contributed by atoms with van der Waals surface area (Å²) >= 11 is 0. The summed E-state index contributed by atoms with van der Waals surface area (Å²) in [6.07, 6.45) is 1.11. The van der Waals surface area contributed by atoms with Gasteiger partial charge in [-0.2, -0.15) is 0 Å². The van der Waals surface area contributed by atoms with Crippen molar-refractivity contribution in [1.82, 2.24) is 0 Å². The summed E-state index contributed by atoms with van der Waals surface area (Å²) in [5, 5.41) is 8.94. The molecule has 1 aromatic carbocycles. The number of hydrogen-bond acceptors (Lipinski definition) is 1. The van der Waals surface area contributed by atoms with Crippen LogP contribution in [-0.4, -0.2) is 11.1 Å². The minimum Gasteiger partial charge on any atom is -0.481 e. The normalized spacial score (nSPS) is 13.4. The summed E-state index contributed by atoms with van der Waals surface area (Å²) < 4.78 is 0. The molecule has 0 saturated carbocycles. The van der Waals surface area contributed by atoms with Crippen LogP contribution in [0.25, 0.3) is 0 Å². The zero-order chi connectivity index (χ0) is 15.1. The van der Waals surface area contributed by atoms with Gasteiger partial charge in [-0.25, -0.2) is 0 Å². The fourth-order valence-corrected chi connectivity index (χ4v) is 2.09. The van der Waals surface area contributed by atoms with Crippen LogP contribution in [0.15, 0.2) is 24.3 Å². The third-order valence-electron chi connectivity index (χ3n) is 3.78. The molecule has 20 heavy (non-hydrogen) atoms. The number of aliphatic carboxylic acids is 1. The van der Waals surface area contributed by atoms with Gasteiger partial charge in [-0.3, -0.25) is 4.79 Å². The van der Waals surface area contributed by atoms with Crippen molar-refractivity contribution in [2.24, 2.45) is 11.8 Å². The van der Waals surface area contributed by atoms with E-state index < -0.39 is 5.97 Å². The molecule has 2 heteroatoms. The minimum atomic E-state index is -0.810. The van der Waals surface area contributed by atoms with Gasteiger partial charge in [-0.05, 0) is 36.3 Å². The largest absolute Gasteiger partial charge is 0.481 e. The molecule has 0 bridgehead atoms. The lowest BCUT2D eigenvalue weighted by Gasteiger charge is -2.16. The van der Waals surface area contributed by atoms with Crippen molar-refractivity contribution in [1.29, 1.82) is 0 Å². The van der Waals surface area contributed by atoms with Crippen molar-refractivity contribution in [3.63, 3.8) is 0 Å². The molecule has 0 saturated heterocycles. The van der Waals surface area contributed by atoms with Crippen LogP contribution in [-0.2, 0) is 11.2 Å². The maximum Gasteiger partial charge on any atom is 0.304 e. The predicted molar refractivity (Wildman–Crippen MR) is 82.6 cm³/mol. The average Bonchev–Trinajstić information content (AvgIpc) is 2.38. The van der Waals surface area contributed by atoms with Gasteiger partial charge in [0.25, 0.3) is 0 Å². The Morgan fingerprint density at radius 2 is 1.80 bits per heavy atom. The van der Waals surface area contributed by atoms with Crippen molar-refractivity contribution < 1.29 is 9.90 Å². The van der Waals surface area contributed by atoms with Gasteiger partial charge in [0.1, 0.15) is 0 Å². The van der Waals surface area contributed by atoms with E-state index in [1.807, 2.05) is 12.1 Å². The maximum atomic E-state index is 10.9. The number of carboxylic acids is 1. The second-order valence-corrected chi connectivity index (χ2v) is 5.71. The molecule has 0 heterocycles. The number of benzene rings is 1. The number of rotatable bonds is 6. The van der Waals surface area contributed by atoms with Crippen molar-refractivity contribution >= 4 is 5.97 Å². The summed E-state index contributed by atoms with van der Waals surface area (Å²) in [7, 11) is 0. The molecule has 1 unspecified atom stereocenters. The van der Waals surface area contributed by atoms with E-state index in [1.54, 1.807) is 6.92 Å². The summed E-state index contributed by atoms with van der Waals surface area (Å²) in [4.78, 5) is 10.9. The second kappa shape index (κ2) is 7.75. The van der Waals surface area contributed by atoms with E-state index in [2.05, 4.69) is 44.7 Å². The van der Waals surface area contributed by atoms with Gasteiger partial charge in [-0.1, -0.05) is 51.0 Å². The van der Waals surface area contributed by atoms with E-state index >= 15 is 0 Å². The Bertz CT molecular complexity index is 488. The van der Waals surface area contributed by atoms with Gasteiger partial charge in [0.05, 0.1) is 12.3 Å². The molecular weight excluding hydrogens is 248 g/mol. The minimum absolute atomic E-state index is 0.0581. The highest BCUT2D eigenvalue weighted by molar-refractivity contribution is 5.69. The molecule has 0 aliphatic rings. The average molecular weight is 272 g/mol. The first-order chi connectivity index (χ1) is 9.43. The maximum absolute atomic E-state index is 10.9. The third kappa shape index (κ3) is 5.09. The molecule has 2 nitrogen and oxygen atoms in total. The molecule has 1 rings (SSSR count). The lowest BCUT2D eigenvalue weighted by molar-refractivity contribution is -0.137. The van der Waals surface area contributed by atoms with Crippen molar-refractivity contribution in [2.75, 3.05) is 0 Å². The predicted octanol–water partition coefficient (Wildman–Crippen LogP) is 4.10. The number of hydrogen-bond donors (Lipinski definition) is 1. The molecule has 0 aliphatic heterocycles. The summed E-state index contributed by atoms with van der Waals surface area (Å²) in [5.41, 5.74) is 2.29. The lowest BCUT2D eigenvalue weighted by Crippen LogP contribution is -2.08. The second-order valence-electron chi connectivity index (χ2n) is 5.71. The fraction of sp³-hybridized carbons (Fsp3) is 0.500. The van der Waals surface area contributed by atoms with Gasteiger partial charge in [-0.15, -0.1) is 5.92 Å². The molecule has 0 spiro atoms. The van der Waals surface area contributed by atoms with Crippen molar-refractivity contribution in [3.05, 3.63) is 35.4 Å². The summed E-state index contributed by atoms with van der Waals surface area (Å²) in [6, 6.07) is 8.22. The highest BCUT2D eigenvalue weighted by Crippen LogP contribution is 2.22. The third-order valence-corrected chi connectivity index (χ3v) is 3.78. The Morgan fingerprint density at radius 1 is 1.20 bits per heavy atom. The Kier molecular flexibility index (Phi) is 6.31. The van der Waals surface area contributed by atoms with Crippen molar-refractivity contribution in [3.8, 4) is 11.8 Å². The van der Waals surface area contributed by atoms with Crippen LogP contribution in [0.2, 0.25) is 0 Å². The molecule has 1 N–H and O–H groups in total. The van der Waals surface area contributed by atoms with Crippen LogP contribution in [0.1, 0.15) is 51.2 Å². The van der Waals surface area contributed by atoms with Crippen LogP contribution < -0.4 is 0 Å². The Hall–Kier alpha value is -1.75. The Morgan fingerprint density at radius 3 is 2.25 bits per heavy atom. The van der Waals surface area contributed by atoms with Gasteiger partial charge in [0.2, 0.25) is 0 Å². The SMILES string of the molecule is CC#C[C@@H](CC(=O)O)c1ccc(CC(C)C(C)C)cc1. The topological polar surface area (TPSA) is 37.3 Å². The van der Waals surface area contributed by atoms with Crippen LogP contribution in [0.5, 0.6) is 0 Å². The Labute approximate surface area is 122 Å². The molecule has 108 valence electrons. The fourth-order valence-electron chi connectivity index (χ4n) is 2.09. The van der Waals surface area contributed by atoms with E-state index in [9.17, 15) is 4.79 Å². The van der Waals surface area contributed by atoms with Gasteiger partial charge >= 0.3 is 5.97 Å². The van der Waals surface area contributed by atoms with Crippen LogP contribution >= 0.6 is 0 Å². The van der Waals surface area contributed by atoms with Gasteiger partial charge in [0.15, 0.2) is 0 Å². The van der Waals surface area contributed by atoms with E-state index in [4.69, 9.17) is 5.11 Å². The lowest BCUT2D eigenvalue weighted by atomic mass is 9.89. The zero-order valence-corrected chi connectivity index (χ0v) is 12.8. The van der Waals surface area contributed by atoms with E-state index in [0.29, 0.717) is 11.8 Å². The van der Waals surface area contributed by atoms with Crippen LogP contribution in [0, 0.1) is 23.7 Å². The molecule has 0 radical (unpaired) electrons. The molecule has 0 aromatic heterocycles. The number of carbonyl (C=O) groups is 1. The van der Waals surface area contributed by atoms with Crippen LogP contribution in [0.3, 0.4) is 0 Å². The smallest absolute Gasteiger partial charge is 0.304 e. The molecule has 0 aliphatic carbocycles. The highest BCUT2D eigenvalue weighted by atomic mass is 16.4. The molecule has 0 fully saturated rings. The quantitative estimate of drug-likeness (QED) is 0.791. The monoisotopic (exact) mass is 272 g/mol. The first kappa shape index (κ1) is 16.3. The number of carboxylic acid groups (broad SMARTS) is 1. The van der Waals surface area contributed by atoms with Crippen LogP contribution in [0.4, 0.5) is 0 Å². The van der Waals surface area contributed by atoms with Gasteiger partial charge < -0.3 is 5.11 Å². The molecule has 1 aromatic rings. The first-order valence-corrected chi connectivity index (χ1v) is 7.17. The first-order valence-electron chi connectivity index (χ1n) is 7.17. The van der Waals surface area contributed by atoms with E-state index in [1.165, 1.54) is 5.56 Å². The Balaban J connectivity index is 2.82. The van der Waals surface area contributed by atoms with E-state index in [-0.39, 0.29) is 12.3 Å². The zero-order valence-electron chi connectivity index (χ0n) is 12.8. The molecular formula is C18H24O2. The standard InChI is InChI=1S/C18H24O2/c1-5-6-17(12-18(19)20)16-9-7-15(8-10-16)11-14(4)13(2)3/h7-10,13-14,17H,11-12H2,1-4H3,(H,19,20)/t14?,17-/m0/s1. The van der Waals surface area contributed by atoms with Crippen molar-refractivity contribution in [2.45, 2.75) is 46.5 Å². The molecule has 0 amide bonds. The van der Waals surface area contributed by atoms with E-state index in [0.717, 1.165) is 12.0 Å². The highest BCUT2D eigenvalue weighted by Gasteiger charge is 2.13. The summed E-state index contributed by atoms with van der Waals surface area (Å²) in [5.74, 6) is 6.09. The summed E-state index contributed by atoms with van der Waals surface area (Å²) in [6.45, 7) is 8.47. The van der Waals surface area contributed by atoms with Gasteiger partial charge in [0, 0.05) is 0 Å². The molecule has 2 atom stereocenters.